The van der Waals surface area contributed by atoms with Gasteiger partial charge in [-0.15, -0.1) is 0 Å². The second-order valence-corrected chi connectivity index (χ2v) is 4.44. The summed E-state index contributed by atoms with van der Waals surface area (Å²) in [5, 5.41) is 11.7. The van der Waals surface area contributed by atoms with Gasteiger partial charge in [-0.2, -0.15) is 0 Å². The van der Waals surface area contributed by atoms with Crippen LogP contribution >= 0.6 is 0 Å². The number of nitrogens with zero attached hydrogens (tertiary/aromatic N) is 1. The summed E-state index contributed by atoms with van der Waals surface area (Å²) in [6.45, 7) is 5.89. The van der Waals surface area contributed by atoms with E-state index in [1.165, 1.54) is 5.56 Å². The molecular formula is C15H23NO3. The molecule has 4 nitrogen and oxygen atoms in total. The predicted octanol–water partition coefficient (Wildman–Crippen LogP) is 3.27. The molecule has 106 valence electrons. The molecule has 0 spiro atoms. The third-order valence-electron chi connectivity index (χ3n) is 2.71. The van der Waals surface area contributed by atoms with E-state index in [1.54, 1.807) is 0 Å². The summed E-state index contributed by atoms with van der Waals surface area (Å²) >= 11 is 0. The first-order chi connectivity index (χ1) is 9.26. The van der Waals surface area contributed by atoms with Crippen LogP contribution in [0.15, 0.2) is 29.4 Å². The summed E-state index contributed by atoms with van der Waals surface area (Å²) < 4.78 is 10.9. The summed E-state index contributed by atoms with van der Waals surface area (Å²) in [5.41, 5.74) is 1.95. The first-order valence-electron chi connectivity index (χ1n) is 6.73. The number of oxime groups is 1. The zero-order valence-electron chi connectivity index (χ0n) is 11.8. The smallest absolute Gasteiger partial charge is 0.119 e. The number of benzene rings is 1. The van der Waals surface area contributed by atoms with Gasteiger partial charge in [-0.1, -0.05) is 24.2 Å². The van der Waals surface area contributed by atoms with Crippen LogP contribution in [0.4, 0.5) is 0 Å². The van der Waals surface area contributed by atoms with Crippen LogP contribution in [0.5, 0.6) is 5.75 Å². The molecule has 1 aromatic carbocycles. The molecule has 0 aromatic heterocycles. The SMILES string of the molecule is CCCOCCOc1ccc(CC/C(C)=N/O)cc1. The maximum atomic E-state index is 8.57. The van der Waals surface area contributed by atoms with Gasteiger partial charge >= 0.3 is 0 Å². The fraction of sp³-hybridized carbons (Fsp3) is 0.533. The van der Waals surface area contributed by atoms with Crippen molar-refractivity contribution >= 4 is 5.71 Å². The zero-order valence-corrected chi connectivity index (χ0v) is 11.8. The van der Waals surface area contributed by atoms with E-state index >= 15 is 0 Å². The molecule has 0 aliphatic carbocycles. The fourth-order valence-electron chi connectivity index (χ4n) is 1.59. The van der Waals surface area contributed by atoms with Gasteiger partial charge in [0, 0.05) is 6.61 Å². The highest BCUT2D eigenvalue weighted by Crippen LogP contribution is 2.13. The van der Waals surface area contributed by atoms with Crippen LogP contribution in [0.1, 0.15) is 32.3 Å². The first kappa shape index (κ1) is 15.5. The Bertz CT molecular complexity index is 373. The van der Waals surface area contributed by atoms with Gasteiger partial charge in [0.2, 0.25) is 0 Å². The Morgan fingerprint density at radius 3 is 2.53 bits per heavy atom. The monoisotopic (exact) mass is 265 g/mol. The van der Waals surface area contributed by atoms with Crippen molar-refractivity contribution in [1.29, 1.82) is 0 Å². The minimum absolute atomic E-state index is 0.579. The van der Waals surface area contributed by atoms with Gasteiger partial charge in [0.05, 0.1) is 12.3 Å². The Morgan fingerprint density at radius 2 is 1.89 bits per heavy atom. The first-order valence-corrected chi connectivity index (χ1v) is 6.73. The lowest BCUT2D eigenvalue weighted by atomic mass is 10.1. The lowest BCUT2D eigenvalue weighted by Gasteiger charge is -2.07. The second-order valence-electron chi connectivity index (χ2n) is 4.44. The van der Waals surface area contributed by atoms with Crippen molar-refractivity contribution in [3.63, 3.8) is 0 Å². The highest BCUT2D eigenvalue weighted by molar-refractivity contribution is 5.81. The molecule has 0 aliphatic rings. The molecule has 19 heavy (non-hydrogen) atoms. The second kappa shape index (κ2) is 9.39. The van der Waals surface area contributed by atoms with Gasteiger partial charge < -0.3 is 14.7 Å². The molecular weight excluding hydrogens is 242 g/mol. The van der Waals surface area contributed by atoms with E-state index in [0.29, 0.717) is 13.2 Å². The van der Waals surface area contributed by atoms with Crippen LogP contribution in [-0.4, -0.2) is 30.7 Å². The zero-order chi connectivity index (χ0) is 13.9. The molecule has 0 radical (unpaired) electrons. The van der Waals surface area contributed by atoms with Gasteiger partial charge in [0.1, 0.15) is 12.4 Å². The minimum Gasteiger partial charge on any atom is -0.491 e. The average molecular weight is 265 g/mol. The number of ether oxygens (including phenoxy) is 2. The molecule has 4 heteroatoms. The molecule has 0 fully saturated rings. The van der Waals surface area contributed by atoms with E-state index < -0.39 is 0 Å². The van der Waals surface area contributed by atoms with Gasteiger partial charge in [-0.05, 0) is 43.9 Å². The summed E-state index contributed by atoms with van der Waals surface area (Å²) in [6.07, 6.45) is 2.67. The molecule has 0 amide bonds. The van der Waals surface area contributed by atoms with Crippen molar-refractivity contribution < 1.29 is 14.7 Å². The third-order valence-corrected chi connectivity index (χ3v) is 2.71. The van der Waals surface area contributed by atoms with E-state index in [2.05, 4.69) is 12.1 Å². The number of hydrogen-bond acceptors (Lipinski definition) is 4. The molecule has 0 aliphatic heterocycles. The predicted molar refractivity (Wildman–Crippen MR) is 76.3 cm³/mol. The fourth-order valence-corrected chi connectivity index (χ4v) is 1.59. The number of hydrogen-bond donors (Lipinski definition) is 1. The number of rotatable bonds is 9. The quantitative estimate of drug-likeness (QED) is 0.323. The van der Waals surface area contributed by atoms with E-state index in [-0.39, 0.29) is 0 Å². The Labute approximate surface area is 115 Å². The van der Waals surface area contributed by atoms with E-state index in [0.717, 1.165) is 37.3 Å². The Balaban J connectivity index is 2.27. The summed E-state index contributed by atoms with van der Waals surface area (Å²) in [4.78, 5) is 0. The van der Waals surface area contributed by atoms with Crippen molar-refractivity contribution in [2.75, 3.05) is 19.8 Å². The van der Waals surface area contributed by atoms with Crippen LogP contribution < -0.4 is 4.74 Å². The van der Waals surface area contributed by atoms with Crippen LogP contribution in [0.25, 0.3) is 0 Å². The summed E-state index contributed by atoms with van der Waals surface area (Å²) in [6, 6.07) is 7.99. The third kappa shape index (κ3) is 6.82. The van der Waals surface area contributed by atoms with Gasteiger partial charge in [-0.3, -0.25) is 0 Å². The van der Waals surface area contributed by atoms with Crippen molar-refractivity contribution in [2.24, 2.45) is 5.16 Å². The molecule has 1 rings (SSSR count). The van der Waals surface area contributed by atoms with Crippen LogP contribution in [-0.2, 0) is 11.2 Å². The standard InChI is InChI=1S/C15H23NO3/c1-3-10-18-11-12-19-15-8-6-14(7-9-15)5-4-13(2)16-17/h6-9,17H,3-5,10-12H2,1-2H3/b16-13+. The minimum atomic E-state index is 0.579. The van der Waals surface area contributed by atoms with Crippen LogP contribution in [0, 0.1) is 0 Å². The normalized spacial score (nSPS) is 11.6. The van der Waals surface area contributed by atoms with Crippen molar-refractivity contribution in [2.45, 2.75) is 33.1 Å². The number of aryl methyl sites for hydroxylation is 1. The molecule has 1 aromatic rings. The van der Waals surface area contributed by atoms with E-state index in [4.69, 9.17) is 14.7 Å². The largest absolute Gasteiger partial charge is 0.491 e. The maximum absolute atomic E-state index is 8.57. The summed E-state index contributed by atoms with van der Waals surface area (Å²) in [5.74, 6) is 0.858. The molecule has 0 unspecified atom stereocenters. The Hall–Kier alpha value is -1.55. The van der Waals surface area contributed by atoms with Crippen molar-refractivity contribution in [3.05, 3.63) is 29.8 Å². The summed E-state index contributed by atoms with van der Waals surface area (Å²) in [7, 11) is 0. The molecule has 1 N–H and O–H groups in total. The van der Waals surface area contributed by atoms with E-state index in [9.17, 15) is 0 Å². The molecule has 0 saturated carbocycles. The van der Waals surface area contributed by atoms with Crippen LogP contribution in [0.3, 0.4) is 0 Å². The lowest BCUT2D eigenvalue weighted by Crippen LogP contribution is -2.07. The van der Waals surface area contributed by atoms with Gasteiger partial charge in [0.15, 0.2) is 0 Å². The van der Waals surface area contributed by atoms with Gasteiger partial charge in [-0.25, -0.2) is 0 Å². The Kier molecular flexibility index (Phi) is 7.66. The molecule has 0 atom stereocenters. The molecule has 0 saturated heterocycles. The topological polar surface area (TPSA) is 51.0 Å². The van der Waals surface area contributed by atoms with Crippen LogP contribution in [0.2, 0.25) is 0 Å². The molecule has 0 bridgehead atoms. The Morgan fingerprint density at radius 1 is 1.16 bits per heavy atom. The van der Waals surface area contributed by atoms with E-state index in [1.807, 2.05) is 31.2 Å². The van der Waals surface area contributed by atoms with Crippen molar-refractivity contribution in [1.82, 2.24) is 0 Å². The molecule has 0 heterocycles. The maximum Gasteiger partial charge on any atom is 0.119 e. The van der Waals surface area contributed by atoms with Gasteiger partial charge in [0.25, 0.3) is 0 Å². The highest BCUT2D eigenvalue weighted by atomic mass is 16.5. The highest BCUT2D eigenvalue weighted by Gasteiger charge is 1.98. The average Bonchev–Trinajstić information content (AvgIpc) is 2.45. The van der Waals surface area contributed by atoms with Crippen molar-refractivity contribution in [3.8, 4) is 5.75 Å². The lowest BCUT2D eigenvalue weighted by molar-refractivity contribution is 0.101.